The van der Waals surface area contributed by atoms with Crippen LogP contribution in [0.5, 0.6) is 5.75 Å². The van der Waals surface area contributed by atoms with Gasteiger partial charge in [-0.2, -0.15) is 0 Å². The Labute approximate surface area is 80.6 Å². The molecule has 0 spiro atoms. The van der Waals surface area contributed by atoms with E-state index < -0.39 is 5.82 Å². The molecule has 4 heteroatoms. The van der Waals surface area contributed by atoms with E-state index in [0.717, 1.165) is 0 Å². The number of halogens is 1. The lowest BCUT2D eigenvalue weighted by Gasteiger charge is -2.09. The summed E-state index contributed by atoms with van der Waals surface area (Å²) < 4.78 is 13.0. The normalized spacial score (nSPS) is 20.9. The van der Waals surface area contributed by atoms with Crippen LogP contribution in [0.3, 0.4) is 0 Å². The molecule has 1 atom stereocenters. The van der Waals surface area contributed by atoms with E-state index in [1.54, 1.807) is 6.07 Å². The first-order valence-corrected chi connectivity index (χ1v) is 4.42. The quantitative estimate of drug-likeness (QED) is 0.705. The zero-order valence-corrected chi connectivity index (χ0v) is 7.46. The number of carbonyl (C=O) groups excluding carboxylic acids is 1. The number of carbonyl (C=O) groups is 1. The third-order valence-electron chi connectivity index (χ3n) is 2.44. The van der Waals surface area contributed by atoms with Gasteiger partial charge in [-0.05, 0) is 6.07 Å². The summed E-state index contributed by atoms with van der Waals surface area (Å²) in [5, 5.41) is 12.1. The molecule has 0 aliphatic carbocycles. The summed E-state index contributed by atoms with van der Waals surface area (Å²) in [5.74, 6) is -1.15. The van der Waals surface area contributed by atoms with Crippen molar-refractivity contribution < 1.29 is 14.3 Å². The maximum Gasteiger partial charge on any atom is 0.220 e. The van der Waals surface area contributed by atoms with Gasteiger partial charge >= 0.3 is 0 Å². The summed E-state index contributed by atoms with van der Waals surface area (Å²) in [5.41, 5.74) is 0.503. The number of hydrogen-bond acceptors (Lipinski definition) is 2. The Hall–Kier alpha value is -1.58. The van der Waals surface area contributed by atoms with Crippen molar-refractivity contribution in [3.05, 3.63) is 29.6 Å². The van der Waals surface area contributed by atoms with Crippen molar-refractivity contribution in [2.75, 3.05) is 6.54 Å². The number of nitrogens with one attached hydrogen (secondary N) is 1. The first-order chi connectivity index (χ1) is 6.68. The average Bonchev–Trinajstić information content (AvgIpc) is 2.57. The molecule has 1 heterocycles. The average molecular weight is 195 g/mol. The molecule has 1 aliphatic heterocycles. The van der Waals surface area contributed by atoms with Crippen molar-refractivity contribution in [1.29, 1.82) is 0 Å². The number of phenols is 1. The molecule has 2 N–H and O–H groups in total. The second kappa shape index (κ2) is 3.29. The van der Waals surface area contributed by atoms with E-state index >= 15 is 0 Å². The Morgan fingerprint density at radius 1 is 1.50 bits per heavy atom. The van der Waals surface area contributed by atoms with Gasteiger partial charge in [-0.1, -0.05) is 12.1 Å². The fourth-order valence-electron chi connectivity index (χ4n) is 1.69. The third kappa shape index (κ3) is 1.43. The summed E-state index contributed by atoms with van der Waals surface area (Å²) in [4.78, 5) is 10.9. The van der Waals surface area contributed by atoms with Gasteiger partial charge in [-0.15, -0.1) is 0 Å². The van der Waals surface area contributed by atoms with Gasteiger partial charge in [0, 0.05) is 24.4 Å². The van der Waals surface area contributed by atoms with Gasteiger partial charge in [-0.25, -0.2) is 4.39 Å². The van der Waals surface area contributed by atoms with Crippen LogP contribution in [0.15, 0.2) is 18.2 Å². The second-order valence-electron chi connectivity index (χ2n) is 3.38. The molecule has 1 fully saturated rings. The fraction of sp³-hybridized carbons (Fsp3) is 0.300. The minimum absolute atomic E-state index is 0.0568. The Morgan fingerprint density at radius 2 is 2.29 bits per heavy atom. The van der Waals surface area contributed by atoms with Gasteiger partial charge in [0.2, 0.25) is 5.91 Å². The maximum atomic E-state index is 13.0. The smallest absolute Gasteiger partial charge is 0.220 e. The predicted octanol–water partition coefficient (Wildman–Crippen LogP) is 1.13. The molecule has 74 valence electrons. The zero-order chi connectivity index (χ0) is 10.1. The van der Waals surface area contributed by atoms with Crippen LogP contribution >= 0.6 is 0 Å². The van der Waals surface area contributed by atoms with Crippen molar-refractivity contribution in [2.24, 2.45) is 0 Å². The van der Waals surface area contributed by atoms with Crippen molar-refractivity contribution >= 4 is 5.91 Å². The molecule has 3 nitrogen and oxygen atoms in total. The monoisotopic (exact) mass is 195 g/mol. The van der Waals surface area contributed by atoms with Gasteiger partial charge in [0.05, 0.1) is 0 Å². The summed E-state index contributed by atoms with van der Waals surface area (Å²) >= 11 is 0. The predicted molar refractivity (Wildman–Crippen MR) is 48.4 cm³/mol. The third-order valence-corrected chi connectivity index (χ3v) is 2.44. The van der Waals surface area contributed by atoms with Gasteiger partial charge in [0.1, 0.15) is 0 Å². The Bertz CT molecular complexity index is 378. The Balaban J connectivity index is 2.32. The molecule has 1 aromatic carbocycles. The highest BCUT2D eigenvalue weighted by Crippen LogP contribution is 2.31. The lowest BCUT2D eigenvalue weighted by Crippen LogP contribution is -2.13. The maximum absolute atomic E-state index is 13.0. The van der Waals surface area contributed by atoms with Gasteiger partial charge in [0.25, 0.3) is 0 Å². The topological polar surface area (TPSA) is 49.3 Å². The van der Waals surface area contributed by atoms with E-state index in [1.165, 1.54) is 12.1 Å². The summed E-state index contributed by atoms with van der Waals surface area (Å²) in [6.07, 6.45) is 0.316. The molecule has 14 heavy (non-hydrogen) atoms. The molecular weight excluding hydrogens is 185 g/mol. The molecule has 0 radical (unpaired) electrons. The summed E-state index contributed by atoms with van der Waals surface area (Å²) in [7, 11) is 0. The molecule has 1 unspecified atom stereocenters. The molecule has 1 amide bonds. The van der Waals surface area contributed by atoms with Gasteiger partial charge in [0.15, 0.2) is 11.6 Å². The highest BCUT2D eigenvalue weighted by Gasteiger charge is 2.25. The highest BCUT2D eigenvalue weighted by molar-refractivity contribution is 5.79. The van der Waals surface area contributed by atoms with E-state index in [1.807, 2.05) is 0 Å². The Kier molecular flexibility index (Phi) is 2.11. The molecule has 1 aromatic rings. The van der Waals surface area contributed by atoms with E-state index in [0.29, 0.717) is 18.5 Å². The first-order valence-electron chi connectivity index (χ1n) is 4.42. The molecule has 2 rings (SSSR count). The fourth-order valence-corrected chi connectivity index (χ4v) is 1.69. The number of rotatable bonds is 1. The number of hydrogen-bond donors (Lipinski definition) is 2. The molecular formula is C10H10FNO2. The summed E-state index contributed by atoms with van der Waals surface area (Å²) in [6.45, 7) is 0.468. The van der Waals surface area contributed by atoms with Crippen LogP contribution < -0.4 is 5.32 Å². The van der Waals surface area contributed by atoms with Crippen LogP contribution in [0, 0.1) is 5.82 Å². The van der Waals surface area contributed by atoms with Crippen LogP contribution in [0.2, 0.25) is 0 Å². The first kappa shape index (κ1) is 8.99. The molecule has 1 aliphatic rings. The number of benzene rings is 1. The number of amides is 1. The van der Waals surface area contributed by atoms with Crippen LogP contribution in [-0.4, -0.2) is 17.6 Å². The van der Waals surface area contributed by atoms with E-state index in [-0.39, 0.29) is 17.6 Å². The minimum Gasteiger partial charge on any atom is -0.505 e. The lowest BCUT2D eigenvalue weighted by atomic mass is 9.97. The highest BCUT2D eigenvalue weighted by atomic mass is 19.1. The van der Waals surface area contributed by atoms with Crippen molar-refractivity contribution in [3.8, 4) is 5.75 Å². The molecule has 0 bridgehead atoms. The number of phenolic OH excluding ortho intramolecular Hbond substituents is 1. The molecule has 1 saturated heterocycles. The lowest BCUT2D eigenvalue weighted by molar-refractivity contribution is -0.119. The van der Waals surface area contributed by atoms with Crippen LogP contribution in [0.1, 0.15) is 17.9 Å². The van der Waals surface area contributed by atoms with E-state index in [9.17, 15) is 14.3 Å². The largest absolute Gasteiger partial charge is 0.505 e. The standard InChI is InChI=1S/C10H10FNO2/c11-8-3-1-2-7(10(8)14)6-4-9(13)12-5-6/h1-3,6,14H,4-5H2,(H,12,13). The minimum atomic E-state index is -0.637. The van der Waals surface area contributed by atoms with Gasteiger partial charge < -0.3 is 10.4 Å². The van der Waals surface area contributed by atoms with Crippen LogP contribution in [-0.2, 0) is 4.79 Å². The summed E-state index contributed by atoms with van der Waals surface area (Å²) in [6, 6.07) is 4.37. The van der Waals surface area contributed by atoms with Crippen LogP contribution in [0.4, 0.5) is 4.39 Å². The molecule has 0 aromatic heterocycles. The SMILES string of the molecule is O=C1CC(c2cccc(F)c2O)CN1. The van der Waals surface area contributed by atoms with Crippen molar-refractivity contribution in [1.82, 2.24) is 5.32 Å². The second-order valence-corrected chi connectivity index (χ2v) is 3.38. The Morgan fingerprint density at radius 3 is 2.93 bits per heavy atom. The number of aromatic hydroxyl groups is 1. The molecule has 0 saturated carbocycles. The number of para-hydroxylation sites is 1. The van der Waals surface area contributed by atoms with Gasteiger partial charge in [-0.3, -0.25) is 4.79 Å². The zero-order valence-electron chi connectivity index (χ0n) is 7.46. The van der Waals surface area contributed by atoms with Crippen molar-refractivity contribution in [3.63, 3.8) is 0 Å². The van der Waals surface area contributed by atoms with Crippen LogP contribution in [0.25, 0.3) is 0 Å². The van der Waals surface area contributed by atoms with E-state index in [2.05, 4.69) is 5.32 Å². The van der Waals surface area contributed by atoms with E-state index in [4.69, 9.17) is 0 Å². The van der Waals surface area contributed by atoms with Crippen molar-refractivity contribution in [2.45, 2.75) is 12.3 Å².